The van der Waals surface area contributed by atoms with Crippen molar-refractivity contribution in [2.75, 3.05) is 5.75 Å². The quantitative estimate of drug-likeness (QED) is 0.427. The molecule has 64 valence electrons. The van der Waals surface area contributed by atoms with Crippen molar-refractivity contribution in [1.82, 2.24) is 0 Å². The molecule has 0 unspecified atom stereocenters. The molecule has 0 aliphatic carbocycles. The Labute approximate surface area is 122 Å². The van der Waals surface area contributed by atoms with Crippen LogP contribution in [0.2, 0.25) is 0 Å². The zero-order valence-electron chi connectivity index (χ0n) is 7.12. The van der Waals surface area contributed by atoms with E-state index >= 15 is 0 Å². The number of carboxylic acids is 1. The molecule has 0 amide bonds. The molecule has 0 heterocycles. The van der Waals surface area contributed by atoms with Gasteiger partial charge in [0.15, 0.2) is 0 Å². The van der Waals surface area contributed by atoms with E-state index in [-0.39, 0.29) is 63.0 Å². The number of hydrogen-bond acceptors (Lipinski definition) is 3. The molecule has 0 saturated carbocycles. The minimum absolute atomic E-state index is 0. The summed E-state index contributed by atoms with van der Waals surface area (Å²) in [5, 5.41) is 10.0. The van der Waals surface area contributed by atoms with E-state index in [1.165, 1.54) is 24.3 Å². The Bertz CT molecular complexity index is 276. The van der Waals surface area contributed by atoms with Crippen LogP contribution in [0.1, 0.15) is 0 Å². The first-order valence-corrected chi connectivity index (χ1v) is 4.25. The van der Waals surface area contributed by atoms with Crippen LogP contribution >= 0.6 is 11.8 Å². The van der Waals surface area contributed by atoms with Crippen molar-refractivity contribution in [2.24, 2.45) is 0 Å². The first kappa shape index (κ1) is 13.6. The third kappa shape index (κ3) is 5.82. The fraction of sp³-hybridized carbons (Fsp3) is 0.125. The summed E-state index contributed by atoms with van der Waals surface area (Å²) in [5.41, 5.74) is 0. The van der Waals surface area contributed by atoms with Crippen LogP contribution in [0.25, 0.3) is 0 Å². The zero-order chi connectivity index (χ0) is 8.97. The molecule has 2 nitrogen and oxygen atoms in total. The monoisotopic (exact) mass is 224 g/mol. The Kier molecular flexibility index (Phi) is 7.30. The number of halogens is 1. The first-order chi connectivity index (χ1) is 5.68. The molecular weight excluding hydrogens is 218 g/mol. The SMILES string of the molecule is O=C([O-])CSc1ccc(F)cc1.[K+]. The number of carboxylic acid groups (broad SMARTS) is 1. The summed E-state index contributed by atoms with van der Waals surface area (Å²) in [6.45, 7) is 0. The molecule has 0 radical (unpaired) electrons. The largest absolute Gasteiger partial charge is 1.00 e. The van der Waals surface area contributed by atoms with Gasteiger partial charge in [-0.15, -0.1) is 11.8 Å². The minimum atomic E-state index is -1.12. The van der Waals surface area contributed by atoms with Crippen LogP contribution in [-0.4, -0.2) is 11.7 Å². The number of thioether (sulfide) groups is 1. The summed E-state index contributed by atoms with van der Waals surface area (Å²) in [6.07, 6.45) is 0. The second-order valence-electron chi connectivity index (χ2n) is 2.11. The molecule has 0 fully saturated rings. The van der Waals surface area contributed by atoms with Gasteiger partial charge >= 0.3 is 51.4 Å². The van der Waals surface area contributed by atoms with E-state index in [0.717, 1.165) is 16.7 Å². The number of aliphatic carboxylic acids is 1. The second-order valence-corrected chi connectivity index (χ2v) is 3.16. The molecule has 0 aliphatic heterocycles. The van der Waals surface area contributed by atoms with Crippen molar-refractivity contribution in [3.8, 4) is 0 Å². The topological polar surface area (TPSA) is 40.1 Å². The van der Waals surface area contributed by atoms with Crippen molar-refractivity contribution < 1.29 is 65.7 Å². The van der Waals surface area contributed by atoms with Gasteiger partial charge in [-0.1, -0.05) is 0 Å². The molecule has 5 heteroatoms. The predicted octanol–water partition coefficient (Wildman–Crippen LogP) is -2.33. The molecule has 0 N–H and O–H groups in total. The van der Waals surface area contributed by atoms with Crippen molar-refractivity contribution in [2.45, 2.75) is 4.90 Å². The molecule has 0 saturated heterocycles. The molecule has 1 aromatic rings. The molecule has 0 aliphatic rings. The number of benzene rings is 1. The third-order valence-electron chi connectivity index (χ3n) is 1.17. The van der Waals surface area contributed by atoms with Crippen molar-refractivity contribution in [3.05, 3.63) is 30.1 Å². The van der Waals surface area contributed by atoms with E-state index in [9.17, 15) is 14.3 Å². The van der Waals surface area contributed by atoms with E-state index in [1.807, 2.05) is 0 Å². The molecule has 1 aromatic carbocycles. The third-order valence-corrected chi connectivity index (χ3v) is 2.16. The van der Waals surface area contributed by atoms with Gasteiger partial charge in [0.1, 0.15) is 5.82 Å². The van der Waals surface area contributed by atoms with Crippen LogP contribution < -0.4 is 56.5 Å². The summed E-state index contributed by atoms with van der Waals surface area (Å²) in [7, 11) is 0. The van der Waals surface area contributed by atoms with E-state index in [0.29, 0.717) is 0 Å². The molecule has 0 atom stereocenters. The second kappa shape index (κ2) is 6.97. The van der Waals surface area contributed by atoms with Crippen LogP contribution in [0.5, 0.6) is 0 Å². The maximum absolute atomic E-state index is 12.3. The van der Waals surface area contributed by atoms with Gasteiger partial charge in [-0.05, 0) is 24.3 Å². The summed E-state index contributed by atoms with van der Waals surface area (Å²) in [4.78, 5) is 10.8. The van der Waals surface area contributed by atoms with Gasteiger partial charge in [-0.3, -0.25) is 0 Å². The van der Waals surface area contributed by atoms with Crippen molar-refractivity contribution in [3.63, 3.8) is 0 Å². The van der Waals surface area contributed by atoms with E-state index in [2.05, 4.69) is 0 Å². The van der Waals surface area contributed by atoms with Crippen LogP contribution in [-0.2, 0) is 4.79 Å². The smallest absolute Gasteiger partial charge is 0.549 e. The number of carbonyl (C=O) groups excluding carboxylic acids is 1. The molecule has 13 heavy (non-hydrogen) atoms. The fourth-order valence-corrected chi connectivity index (χ4v) is 1.29. The maximum atomic E-state index is 12.3. The molecule has 0 bridgehead atoms. The number of hydrogen-bond donors (Lipinski definition) is 0. The summed E-state index contributed by atoms with van der Waals surface area (Å²) < 4.78 is 12.3. The van der Waals surface area contributed by atoms with E-state index < -0.39 is 5.97 Å². The van der Waals surface area contributed by atoms with Gasteiger partial charge < -0.3 is 9.90 Å². The first-order valence-electron chi connectivity index (χ1n) is 3.26. The summed E-state index contributed by atoms with van der Waals surface area (Å²) in [6, 6.07) is 5.64. The minimum Gasteiger partial charge on any atom is -0.549 e. The summed E-state index contributed by atoms with van der Waals surface area (Å²) in [5.74, 6) is -1.55. The van der Waals surface area contributed by atoms with E-state index in [1.54, 1.807) is 0 Å². The van der Waals surface area contributed by atoms with Crippen LogP contribution in [0.4, 0.5) is 4.39 Å². The molecule has 0 spiro atoms. The van der Waals surface area contributed by atoms with Gasteiger partial charge in [0, 0.05) is 10.6 Å². The Balaban J connectivity index is 0.00000144. The maximum Gasteiger partial charge on any atom is 1.00 e. The summed E-state index contributed by atoms with van der Waals surface area (Å²) >= 11 is 1.11. The standard InChI is InChI=1S/C8H7FO2S.K/c9-6-1-3-7(4-2-6)12-5-8(10)11;/h1-4H,5H2,(H,10,11);/q;+1/p-1. The number of rotatable bonds is 3. The van der Waals surface area contributed by atoms with Gasteiger partial charge in [-0.25, -0.2) is 4.39 Å². The fourth-order valence-electron chi connectivity index (χ4n) is 0.673. The average Bonchev–Trinajstić information content (AvgIpc) is 2.03. The van der Waals surface area contributed by atoms with Crippen molar-refractivity contribution >= 4 is 17.7 Å². The Morgan fingerprint density at radius 2 is 1.92 bits per heavy atom. The zero-order valence-corrected chi connectivity index (χ0v) is 11.1. The Morgan fingerprint density at radius 3 is 2.38 bits per heavy atom. The average molecular weight is 224 g/mol. The molecule has 0 aromatic heterocycles. The van der Waals surface area contributed by atoms with Crippen LogP contribution in [0.3, 0.4) is 0 Å². The van der Waals surface area contributed by atoms with Crippen molar-refractivity contribution in [1.29, 1.82) is 0 Å². The number of carbonyl (C=O) groups is 1. The molecule has 1 rings (SSSR count). The van der Waals surface area contributed by atoms with Crippen LogP contribution in [0.15, 0.2) is 29.2 Å². The Morgan fingerprint density at radius 1 is 1.38 bits per heavy atom. The predicted molar refractivity (Wildman–Crippen MR) is 42.1 cm³/mol. The molecular formula is C8H6FKO2S. The van der Waals surface area contributed by atoms with E-state index in [4.69, 9.17) is 0 Å². The van der Waals surface area contributed by atoms with Gasteiger partial charge in [0.25, 0.3) is 0 Å². The van der Waals surface area contributed by atoms with Gasteiger partial charge in [0.05, 0.1) is 5.97 Å². The normalized spacial score (nSPS) is 9.00. The Hall–Kier alpha value is 0.606. The van der Waals surface area contributed by atoms with Crippen LogP contribution in [0, 0.1) is 5.82 Å². The van der Waals surface area contributed by atoms with Gasteiger partial charge in [-0.2, -0.15) is 0 Å². The van der Waals surface area contributed by atoms with Gasteiger partial charge in [0.2, 0.25) is 0 Å².